The molecule has 3 rings (SSSR count). The molecule has 0 aliphatic carbocycles. The van der Waals surface area contributed by atoms with Gasteiger partial charge in [-0.25, -0.2) is 9.78 Å². The third-order valence-corrected chi connectivity index (χ3v) is 4.86. The fourth-order valence-corrected chi connectivity index (χ4v) is 3.67. The third-order valence-electron chi connectivity index (χ3n) is 3.83. The number of benzene rings is 1. The highest BCUT2D eigenvalue weighted by Gasteiger charge is 2.24. The highest BCUT2D eigenvalue weighted by atomic mass is 32.1. The van der Waals surface area contributed by atoms with Crippen LogP contribution in [0.15, 0.2) is 24.3 Å². The summed E-state index contributed by atoms with van der Waals surface area (Å²) in [5.74, 6) is 0. The summed E-state index contributed by atoms with van der Waals surface area (Å²) in [5.41, 5.74) is 1.06. The van der Waals surface area contributed by atoms with Crippen molar-refractivity contribution < 1.29 is 9.53 Å². The standard InChI is InChI=1S/C16H21N3O2S/c1-2-21-16(20)19-9-5-6-12(11-19)17-10-15-18-13-7-3-4-8-14(13)22-15/h3-4,7-8,12,17H,2,5-6,9-11H2,1H3. The van der Waals surface area contributed by atoms with Crippen molar-refractivity contribution >= 4 is 27.6 Å². The van der Waals surface area contributed by atoms with Crippen molar-refractivity contribution in [3.63, 3.8) is 0 Å². The number of para-hydroxylation sites is 1. The molecule has 0 radical (unpaired) electrons. The van der Waals surface area contributed by atoms with Crippen LogP contribution in [0.1, 0.15) is 24.8 Å². The van der Waals surface area contributed by atoms with Gasteiger partial charge >= 0.3 is 6.09 Å². The Kier molecular flexibility index (Phi) is 4.90. The van der Waals surface area contributed by atoms with E-state index in [4.69, 9.17) is 4.74 Å². The van der Waals surface area contributed by atoms with Gasteiger partial charge in [-0.2, -0.15) is 0 Å². The molecule has 1 aromatic carbocycles. The summed E-state index contributed by atoms with van der Waals surface area (Å²) in [6, 6.07) is 8.50. The van der Waals surface area contributed by atoms with E-state index in [0.717, 1.165) is 36.5 Å². The number of aromatic nitrogens is 1. The maximum Gasteiger partial charge on any atom is 0.409 e. The van der Waals surface area contributed by atoms with Gasteiger partial charge in [-0.3, -0.25) is 0 Å². The van der Waals surface area contributed by atoms with Gasteiger partial charge in [0, 0.05) is 25.7 Å². The number of carbonyl (C=O) groups is 1. The van der Waals surface area contributed by atoms with E-state index in [1.165, 1.54) is 4.70 Å². The molecule has 0 spiro atoms. The highest BCUT2D eigenvalue weighted by Crippen LogP contribution is 2.21. The van der Waals surface area contributed by atoms with Gasteiger partial charge in [-0.1, -0.05) is 12.1 Å². The molecular weight excluding hydrogens is 298 g/mol. The van der Waals surface area contributed by atoms with Crippen LogP contribution in [0.5, 0.6) is 0 Å². The molecule has 1 unspecified atom stereocenters. The second-order valence-corrected chi connectivity index (χ2v) is 6.56. The number of likely N-dealkylation sites (tertiary alicyclic amines) is 1. The molecule has 1 atom stereocenters. The molecule has 0 bridgehead atoms. The zero-order chi connectivity index (χ0) is 15.4. The van der Waals surface area contributed by atoms with Crippen LogP contribution in [0.3, 0.4) is 0 Å². The summed E-state index contributed by atoms with van der Waals surface area (Å²) in [6.07, 6.45) is 1.89. The number of hydrogen-bond acceptors (Lipinski definition) is 5. The molecule has 1 N–H and O–H groups in total. The first-order chi connectivity index (χ1) is 10.8. The van der Waals surface area contributed by atoms with Gasteiger partial charge in [0.2, 0.25) is 0 Å². The number of ether oxygens (including phenoxy) is 1. The van der Waals surface area contributed by atoms with Gasteiger partial charge in [-0.15, -0.1) is 11.3 Å². The van der Waals surface area contributed by atoms with E-state index in [9.17, 15) is 4.79 Å². The predicted molar refractivity (Wildman–Crippen MR) is 88.1 cm³/mol. The molecule has 0 saturated carbocycles. The van der Waals surface area contributed by atoms with E-state index in [0.29, 0.717) is 19.2 Å². The van der Waals surface area contributed by atoms with E-state index in [1.807, 2.05) is 25.1 Å². The lowest BCUT2D eigenvalue weighted by Gasteiger charge is -2.32. The lowest BCUT2D eigenvalue weighted by molar-refractivity contribution is 0.0928. The fourth-order valence-electron chi connectivity index (χ4n) is 2.75. The van der Waals surface area contributed by atoms with Crippen LogP contribution in [0, 0.1) is 0 Å². The first kappa shape index (κ1) is 15.2. The number of hydrogen-bond donors (Lipinski definition) is 1. The minimum atomic E-state index is -0.200. The van der Waals surface area contributed by atoms with E-state index < -0.39 is 0 Å². The summed E-state index contributed by atoms with van der Waals surface area (Å²) < 4.78 is 6.30. The molecule has 6 heteroatoms. The number of thiazole rings is 1. The van der Waals surface area contributed by atoms with Crippen LogP contribution in [0.25, 0.3) is 10.2 Å². The number of nitrogens with one attached hydrogen (secondary N) is 1. The molecule has 1 fully saturated rings. The van der Waals surface area contributed by atoms with Crippen LogP contribution in [-0.2, 0) is 11.3 Å². The normalized spacial score (nSPS) is 18.6. The number of carbonyl (C=O) groups excluding carboxylic acids is 1. The van der Waals surface area contributed by atoms with Gasteiger partial charge in [0.1, 0.15) is 5.01 Å². The van der Waals surface area contributed by atoms with Crippen molar-refractivity contribution in [2.24, 2.45) is 0 Å². The maximum atomic E-state index is 11.8. The summed E-state index contributed by atoms with van der Waals surface area (Å²) in [4.78, 5) is 18.2. The number of fused-ring (bicyclic) bond motifs is 1. The minimum absolute atomic E-state index is 0.200. The topological polar surface area (TPSA) is 54.5 Å². The van der Waals surface area contributed by atoms with Crippen molar-refractivity contribution in [1.29, 1.82) is 0 Å². The Morgan fingerprint density at radius 2 is 2.36 bits per heavy atom. The van der Waals surface area contributed by atoms with Gasteiger partial charge < -0.3 is 15.0 Å². The lowest BCUT2D eigenvalue weighted by atomic mass is 10.1. The molecule has 1 aromatic heterocycles. The SMILES string of the molecule is CCOC(=O)N1CCCC(NCc2nc3ccccc3s2)C1. The van der Waals surface area contributed by atoms with Gasteiger partial charge in [0.15, 0.2) is 0 Å². The van der Waals surface area contributed by atoms with Crippen molar-refractivity contribution in [3.8, 4) is 0 Å². The predicted octanol–water partition coefficient (Wildman–Crippen LogP) is 3.01. The van der Waals surface area contributed by atoms with E-state index in [1.54, 1.807) is 16.2 Å². The van der Waals surface area contributed by atoms with E-state index >= 15 is 0 Å². The molecule has 118 valence electrons. The zero-order valence-electron chi connectivity index (χ0n) is 12.7. The highest BCUT2D eigenvalue weighted by molar-refractivity contribution is 7.18. The quantitative estimate of drug-likeness (QED) is 0.941. The van der Waals surface area contributed by atoms with Gasteiger partial charge in [0.05, 0.1) is 16.8 Å². The average molecular weight is 319 g/mol. The molecule has 1 aliphatic heterocycles. The smallest absolute Gasteiger partial charge is 0.409 e. The monoisotopic (exact) mass is 319 g/mol. The number of amides is 1. The minimum Gasteiger partial charge on any atom is -0.450 e. The van der Waals surface area contributed by atoms with Crippen LogP contribution in [0.4, 0.5) is 4.79 Å². The number of rotatable bonds is 4. The zero-order valence-corrected chi connectivity index (χ0v) is 13.6. The molecule has 22 heavy (non-hydrogen) atoms. The second-order valence-electron chi connectivity index (χ2n) is 5.44. The van der Waals surface area contributed by atoms with Crippen molar-refractivity contribution in [1.82, 2.24) is 15.2 Å². The van der Waals surface area contributed by atoms with Crippen molar-refractivity contribution in [2.45, 2.75) is 32.4 Å². The van der Waals surface area contributed by atoms with Crippen LogP contribution >= 0.6 is 11.3 Å². The van der Waals surface area contributed by atoms with E-state index in [2.05, 4.69) is 16.4 Å². The summed E-state index contributed by atoms with van der Waals surface area (Å²) in [6.45, 7) is 4.52. The average Bonchev–Trinajstić information content (AvgIpc) is 2.96. The summed E-state index contributed by atoms with van der Waals surface area (Å²) in [7, 11) is 0. The summed E-state index contributed by atoms with van der Waals surface area (Å²) in [5, 5.41) is 4.62. The maximum absolute atomic E-state index is 11.8. The first-order valence-corrected chi connectivity index (χ1v) is 8.57. The summed E-state index contributed by atoms with van der Waals surface area (Å²) >= 11 is 1.72. The molecular formula is C16H21N3O2S. The molecule has 2 aromatic rings. The van der Waals surface area contributed by atoms with Gasteiger partial charge in [0.25, 0.3) is 0 Å². The number of nitrogens with zero attached hydrogens (tertiary/aromatic N) is 2. The fraction of sp³-hybridized carbons (Fsp3) is 0.500. The van der Waals surface area contributed by atoms with Crippen LogP contribution in [0.2, 0.25) is 0 Å². The molecule has 1 aliphatic rings. The number of piperidine rings is 1. The van der Waals surface area contributed by atoms with Crippen LogP contribution in [-0.4, -0.2) is 41.7 Å². The Morgan fingerprint density at radius 1 is 1.50 bits per heavy atom. The Labute approximate surface area is 134 Å². The molecule has 5 nitrogen and oxygen atoms in total. The van der Waals surface area contributed by atoms with Crippen LogP contribution < -0.4 is 5.32 Å². The molecule has 1 amide bonds. The van der Waals surface area contributed by atoms with Crippen molar-refractivity contribution in [2.75, 3.05) is 19.7 Å². The van der Waals surface area contributed by atoms with Crippen molar-refractivity contribution in [3.05, 3.63) is 29.3 Å². The second kappa shape index (κ2) is 7.07. The Bertz CT molecular complexity index is 610. The molecule has 2 heterocycles. The van der Waals surface area contributed by atoms with E-state index in [-0.39, 0.29) is 6.09 Å². The lowest BCUT2D eigenvalue weighted by Crippen LogP contribution is -2.47. The third kappa shape index (κ3) is 3.56. The Balaban J connectivity index is 1.55. The Morgan fingerprint density at radius 3 is 3.18 bits per heavy atom. The Hall–Kier alpha value is -1.66. The first-order valence-electron chi connectivity index (χ1n) is 7.76. The largest absolute Gasteiger partial charge is 0.450 e. The van der Waals surface area contributed by atoms with Gasteiger partial charge in [-0.05, 0) is 31.9 Å². The molecule has 1 saturated heterocycles.